The van der Waals surface area contributed by atoms with Gasteiger partial charge in [-0.05, 0) is 81.2 Å². The number of nitrogens with zero attached hydrogens (tertiary/aromatic N) is 6. The van der Waals surface area contributed by atoms with Crippen LogP contribution < -0.4 is 15.5 Å². The van der Waals surface area contributed by atoms with E-state index in [1.54, 1.807) is 54.3 Å². The summed E-state index contributed by atoms with van der Waals surface area (Å²) in [6.07, 6.45) is 3.89. The number of rotatable bonds is 10. The van der Waals surface area contributed by atoms with Crippen LogP contribution in [0.15, 0.2) is 54.2 Å². The van der Waals surface area contributed by atoms with Crippen molar-refractivity contribution < 1.29 is 33.8 Å². The molecule has 0 aliphatic carbocycles. The fraction of sp³-hybridized carbons (Fsp3) is 0.488. The monoisotopic (exact) mass is 796 g/mol. The van der Waals surface area contributed by atoms with Gasteiger partial charge in [0.05, 0.1) is 17.5 Å². The molecule has 2 unspecified atom stereocenters. The van der Waals surface area contributed by atoms with Crippen molar-refractivity contribution in [3.63, 3.8) is 0 Å². The van der Waals surface area contributed by atoms with Crippen molar-refractivity contribution in [2.45, 2.75) is 50.7 Å². The number of carbonyl (C=O) groups excluding carboxylic acids is 5. The number of hydrogen-bond donors (Lipinski definition) is 5. The van der Waals surface area contributed by atoms with Crippen LogP contribution in [0.4, 0.5) is 10.5 Å². The average Bonchev–Trinajstić information content (AvgIpc) is 3.23. The number of imide groups is 2. The lowest BCUT2D eigenvalue weighted by molar-refractivity contribution is -0.139. The van der Waals surface area contributed by atoms with E-state index in [0.29, 0.717) is 86.6 Å². The Hall–Kier alpha value is -5.81. The molecular weight excluding hydrogens is 745 g/mol. The minimum Gasteiger partial charge on any atom is -0.507 e. The number of carbonyl (C=O) groups is 5. The van der Waals surface area contributed by atoms with E-state index in [1.807, 2.05) is 6.07 Å². The lowest BCUT2D eigenvalue weighted by Gasteiger charge is -2.50. The summed E-state index contributed by atoms with van der Waals surface area (Å²) in [4.78, 5) is 73.8. The number of amides is 5. The highest BCUT2D eigenvalue weighted by Crippen LogP contribution is 2.27. The topological polar surface area (TPSA) is 206 Å². The molecule has 0 bridgehead atoms. The summed E-state index contributed by atoms with van der Waals surface area (Å²) >= 11 is 0. The molecule has 0 spiro atoms. The van der Waals surface area contributed by atoms with Crippen molar-refractivity contribution in [2.75, 3.05) is 83.5 Å². The predicted molar refractivity (Wildman–Crippen MR) is 215 cm³/mol. The number of para-hydroxylation sites is 1. The summed E-state index contributed by atoms with van der Waals surface area (Å²) in [5.41, 5.74) is 3.12. The molecule has 5 saturated heterocycles. The maximum absolute atomic E-state index is 13.3. The molecule has 308 valence electrons. The quantitative estimate of drug-likeness (QED) is 0.131. The molecule has 0 radical (unpaired) electrons. The molecule has 7 rings (SSSR count). The van der Waals surface area contributed by atoms with Gasteiger partial charge in [-0.1, -0.05) is 12.1 Å². The van der Waals surface area contributed by atoms with E-state index in [4.69, 9.17) is 15.6 Å². The van der Waals surface area contributed by atoms with Gasteiger partial charge in [-0.25, -0.2) is 4.79 Å². The highest BCUT2D eigenvalue weighted by Gasteiger charge is 2.38. The number of phenols is 1. The molecule has 5 N–H and O–H groups in total. The summed E-state index contributed by atoms with van der Waals surface area (Å²) in [5, 5.41) is 32.7. The third-order valence-corrected chi connectivity index (χ3v) is 12.0. The van der Waals surface area contributed by atoms with Gasteiger partial charge in [-0.3, -0.25) is 44.6 Å². The molecule has 2 aromatic rings. The number of phenolic OH excluding ortho intramolecular Hbond substituents is 1. The molecule has 2 atom stereocenters. The number of piperidine rings is 2. The molecule has 5 heterocycles. The lowest BCUT2D eigenvalue weighted by atomic mass is 9.98. The second-order valence-electron chi connectivity index (χ2n) is 15.5. The number of benzene rings is 2. The number of nitrogens with one attached hydrogen (secondary N) is 4. The minimum absolute atomic E-state index is 0.0517. The molecule has 0 saturated carbocycles. The van der Waals surface area contributed by atoms with Crippen molar-refractivity contribution in [1.82, 2.24) is 35.1 Å². The van der Waals surface area contributed by atoms with Crippen molar-refractivity contribution in [2.24, 2.45) is 0 Å². The molecule has 2 aromatic carbocycles. The van der Waals surface area contributed by atoms with Gasteiger partial charge in [0.25, 0.3) is 5.91 Å². The van der Waals surface area contributed by atoms with Crippen LogP contribution in [0.25, 0.3) is 0 Å². The SMILES string of the molecule is Cc1cc(N2CCN(C(=O)OCCN3CCC(N4CCN5/C(=C/C(=N)c6ccccc6O)C(=N)NCC5C4)CC3)CC2)ccc1C(=O)N(C=O)C1CCC(=O)NC1=O. The first-order valence-corrected chi connectivity index (χ1v) is 20.0. The first-order valence-electron chi connectivity index (χ1n) is 20.0. The third kappa shape index (κ3) is 8.84. The van der Waals surface area contributed by atoms with E-state index in [-0.39, 0.29) is 36.4 Å². The normalized spacial score (nSPS) is 22.9. The van der Waals surface area contributed by atoms with Gasteiger partial charge in [0.1, 0.15) is 24.2 Å². The molecule has 58 heavy (non-hydrogen) atoms. The summed E-state index contributed by atoms with van der Waals surface area (Å²) < 4.78 is 5.70. The van der Waals surface area contributed by atoms with E-state index in [2.05, 4.69) is 30.2 Å². The van der Waals surface area contributed by atoms with E-state index in [1.165, 1.54) is 0 Å². The van der Waals surface area contributed by atoms with Gasteiger partial charge in [-0.15, -0.1) is 0 Å². The van der Waals surface area contributed by atoms with Crippen molar-refractivity contribution in [3.05, 3.63) is 70.9 Å². The lowest BCUT2D eigenvalue weighted by Crippen LogP contribution is -2.63. The van der Waals surface area contributed by atoms with Crippen molar-refractivity contribution in [3.8, 4) is 5.75 Å². The fourth-order valence-corrected chi connectivity index (χ4v) is 8.67. The molecule has 5 aliphatic heterocycles. The molecule has 0 aromatic heterocycles. The smallest absolute Gasteiger partial charge is 0.409 e. The number of ether oxygens (including phenoxy) is 1. The number of anilines is 1. The summed E-state index contributed by atoms with van der Waals surface area (Å²) in [7, 11) is 0. The Kier molecular flexibility index (Phi) is 12.4. The Balaban J connectivity index is 0.817. The number of piperazine rings is 3. The predicted octanol–water partition coefficient (Wildman–Crippen LogP) is 1.35. The van der Waals surface area contributed by atoms with Crippen LogP contribution in [0.2, 0.25) is 0 Å². The zero-order valence-electron chi connectivity index (χ0n) is 32.8. The maximum Gasteiger partial charge on any atom is 0.409 e. The minimum atomic E-state index is -1.03. The van der Waals surface area contributed by atoms with Crippen LogP contribution in [0.1, 0.15) is 47.2 Å². The first kappa shape index (κ1) is 40.4. The van der Waals surface area contributed by atoms with Crippen LogP contribution in [0.3, 0.4) is 0 Å². The van der Waals surface area contributed by atoms with Crippen molar-refractivity contribution >= 4 is 47.5 Å². The van der Waals surface area contributed by atoms with Crippen LogP contribution in [0, 0.1) is 17.7 Å². The molecule has 5 fully saturated rings. The van der Waals surface area contributed by atoms with Gasteiger partial charge < -0.3 is 35.3 Å². The summed E-state index contributed by atoms with van der Waals surface area (Å²) in [6, 6.07) is 11.7. The number of amidine groups is 1. The molecule has 5 amide bonds. The zero-order chi connectivity index (χ0) is 40.9. The number of likely N-dealkylation sites (tertiary alicyclic amines) is 1. The Bertz CT molecular complexity index is 1970. The van der Waals surface area contributed by atoms with Crippen LogP contribution >= 0.6 is 0 Å². The van der Waals surface area contributed by atoms with Gasteiger partial charge in [-0.2, -0.15) is 0 Å². The van der Waals surface area contributed by atoms with Gasteiger partial charge >= 0.3 is 6.09 Å². The Labute approximate surface area is 337 Å². The average molecular weight is 797 g/mol. The number of fused-ring (bicyclic) bond motifs is 1. The highest BCUT2D eigenvalue weighted by molar-refractivity contribution is 6.13. The largest absolute Gasteiger partial charge is 0.507 e. The van der Waals surface area contributed by atoms with Gasteiger partial charge in [0.15, 0.2) is 0 Å². The molecule has 5 aliphatic rings. The maximum atomic E-state index is 13.3. The van der Waals surface area contributed by atoms with Crippen LogP contribution in [-0.4, -0.2) is 168 Å². The van der Waals surface area contributed by atoms with Crippen LogP contribution in [0.5, 0.6) is 5.75 Å². The number of allylic oxidation sites excluding steroid dienone is 1. The van der Waals surface area contributed by atoms with Gasteiger partial charge in [0, 0.05) is 88.2 Å². The Morgan fingerprint density at radius 1 is 0.966 bits per heavy atom. The van der Waals surface area contributed by atoms with Crippen LogP contribution in [-0.2, 0) is 19.1 Å². The fourth-order valence-electron chi connectivity index (χ4n) is 8.67. The highest BCUT2D eigenvalue weighted by atomic mass is 16.6. The van der Waals surface area contributed by atoms with E-state index >= 15 is 0 Å². The van der Waals surface area contributed by atoms with E-state index in [0.717, 1.165) is 56.2 Å². The van der Waals surface area contributed by atoms with Crippen molar-refractivity contribution in [1.29, 1.82) is 10.8 Å². The number of hydrogen-bond acceptors (Lipinski definition) is 13. The number of aromatic hydroxyl groups is 1. The van der Waals surface area contributed by atoms with Gasteiger partial charge in [0.2, 0.25) is 18.2 Å². The molecule has 17 nitrogen and oxygen atoms in total. The van der Waals surface area contributed by atoms with E-state index in [9.17, 15) is 29.1 Å². The first-order chi connectivity index (χ1) is 28.0. The van der Waals surface area contributed by atoms with E-state index < -0.39 is 23.8 Å². The Morgan fingerprint density at radius 2 is 1.72 bits per heavy atom. The molecular formula is C41H52N10O7. The summed E-state index contributed by atoms with van der Waals surface area (Å²) in [5.74, 6) is -1.33. The Morgan fingerprint density at radius 3 is 2.43 bits per heavy atom. The number of aryl methyl sites for hydroxylation is 1. The summed E-state index contributed by atoms with van der Waals surface area (Å²) in [6.45, 7) is 9.92. The second-order valence-corrected chi connectivity index (χ2v) is 15.5. The third-order valence-electron chi connectivity index (χ3n) is 12.0. The zero-order valence-corrected chi connectivity index (χ0v) is 32.8. The second kappa shape index (κ2) is 17.8. The standard InChI is InChI=1S/C41H52N10O7/c1-27-22-29(6-7-31(27)40(56)51(26-52)34-8-9-37(54)45-39(34)55)47-14-16-48(17-15-47)41(57)58-21-20-46-12-10-28(11-13-46)49-18-19-50-30(25-49)24-44-38(43)35(50)23-33(42)32-4-2-3-5-36(32)53/h2-7,22-23,26,28,30,34,42,53H,8-21,24-25H2,1H3,(H2,43,44)(H,45,54,55)/b35-23+,42-33?. The molecule has 17 heteroatoms.